The van der Waals surface area contributed by atoms with E-state index in [0.29, 0.717) is 44.5 Å². The van der Waals surface area contributed by atoms with Gasteiger partial charge >= 0.3 is 18.0 Å². The molecule has 0 rings (SSSR count). The van der Waals surface area contributed by atoms with Crippen molar-refractivity contribution in [1.82, 2.24) is 9.80 Å². The molecule has 0 aliphatic heterocycles. The lowest BCUT2D eigenvalue weighted by molar-refractivity contribution is -0.138. The number of nitrogens with zero attached hydrogens (tertiary/aromatic N) is 2. The topological polar surface area (TPSA) is 120 Å². The van der Waals surface area contributed by atoms with Crippen LogP contribution in [0.1, 0.15) is 51.9 Å². The molecule has 0 aromatic heterocycles. The predicted molar refractivity (Wildman–Crippen MR) is 134 cm³/mol. The van der Waals surface area contributed by atoms with E-state index >= 15 is 0 Å². The van der Waals surface area contributed by atoms with Gasteiger partial charge < -0.3 is 14.2 Å². The summed E-state index contributed by atoms with van der Waals surface area (Å²) in [6.45, 7) is 15.7. The first kappa shape index (κ1) is 32.3. The quantitative estimate of drug-likeness (QED) is 0.0855. The smallest absolute Gasteiger partial charge is 0.333 e. The first-order chi connectivity index (χ1) is 17.2. The number of unbranched alkanes of at least 4 members (excludes halogenated alkanes) is 3. The third-order valence-corrected chi connectivity index (χ3v) is 4.82. The first-order valence-corrected chi connectivity index (χ1v) is 11.8. The molecule has 0 heterocycles. The SMILES string of the molecule is C=CC(=C)OCCCCCN(C(=O)CCCCOC(=O)C=C)C(=O)N(CCCOC(=O)C=C)C(C)=O. The highest BCUT2D eigenvalue weighted by atomic mass is 16.5. The van der Waals surface area contributed by atoms with Gasteiger partial charge in [0.05, 0.1) is 19.8 Å². The van der Waals surface area contributed by atoms with E-state index in [9.17, 15) is 24.0 Å². The Morgan fingerprint density at radius 2 is 1.19 bits per heavy atom. The number of urea groups is 1. The van der Waals surface area contributed by atoms with Crippen molar-refractivity contribution in [3.8, 4) is 0 Å². The van der Waals surface area contributed by atoms with Crippen molar-refractivity contribution in [2.45, 2.75) is 51.9 Å². The van der Waals surface area contributed by atoms with Gasteiger partial charge in [-0.25, -0.2) is 14.4 Å². The Balaban J connectivity index is 5.03. The number of hydrogen-bond donors (Lipinski definition) is 0. The lowest BCUT2D eigenvalue weighted by atomic mass is 10.2. The van der Waals surface area contributed by atoms with Gasteiger partial charge in [0.25, 0.3) is 0 Å². The van der Waals surface area contributed by atoms with Crippen LogP contribution in [0.4, 0.5) is 4.79 Å². The van der Waals surface area contributed by atoms with Gasteiger partial charge in [0.15, 0.2) is 0 Å². The Kier molecular flexibility index (Phi) is 17.6. The molecular weight excluding hydrogens is 468 g/mol. The lowest BCUT2D eigenvalue weighted by Gasteiger charge is -2.28. The van der Waals surface area contributed by atoms with Crippen molar-refractivity contribution in [3.05, 3.63) is 50.3 Å². The molecule has 4 amide bonds. The zero-order valence-corrected chi connectivity index (χ0v) is 21.2. The zero-order chi connectivity index (χ0) is 27.3. The molecule has 36 heavy (non-hydrogen) atoms. The summed E-state index contributed by atoms with van der Waals surface area (Å²) in [5.41, 5.74) is 0. The van der Waals surface area contributed by atoms with Crippen molar-refractivity contribution >= 4 is 29.8 Å². The van der Waals surface area contributed by atoms with Crippen molar-refractivity contribution in [1.29, 1.82) is 0 Å². The van der Waals surface area contributed by atoms with Crippen LogP contribution in [0, 0.1) is 0 Å². The molecule has 0 radical (unpaired) electrons. The molecule has 10 nitrogen and oxygen atoms in total. The molecule has 0 aliphatic rings. The second kappa shape index (κ2) is 19.6. The Morgan fingerprint density at radius 3 is 1.75 bits per heavy atom. The van der Waals surface area contributed by atoms with Gasteiger partial charge in [0.1, 0.15) is 5.76 Å². The van der Waals surface area contributed by atoms with E-state index in [2.05, 4.69) is 26.3 Å². The van der Waals surface area contributed by atoms with E-state index in [0.717, 1.165) is 22.0 Å². The van der Waals surface area contributed by atoms with Gasteiger partial charge in [0.2, 0.25) is 11.8 Å². The summed E-state index contributed by atoms with van der Waals surface area (Å²) in [7, 11) is 0. The summed E-state index contributed by atoms with van der Waals surface area (Å²) in [4.78, 5) is 62.5. The summed E-state index contributed by atoms with van der Waals surface area (Å²) in [5, 5.41) is 0. The first-order valence-electron chi connectivity index (χ1n) is 11.8. The number of amides is 4. The van der Waals surface area contributed by atoms with Gasteiger partial charge in [-0.2, -0.15) is 0 Å². The normalized spacial score (nSPS) is 9.92. The van der Waals surface area contributed by atoms with E-state index < -0.39 is 29.8 Å². The van der Waals surface area contributed by atoms with Crippen molar-refractivity contribution in [3.63, 3.8) is 0 Å². The van der Waals surface area contributed by atoms with Crippen LogP contribution in [-0.4, -0.2) is 72.5 Å². The highest BCUT2D eigenvalue weighted by Gasteiger charge is 2.28. The number of carbonyl (C=O) groups is 5. The van der Waals surface area contributed by atoms with Gasteiger partial charge in [-0.15, -0.1) is 0 Å². The van der Waals surface area contributed by atoms with E-state index in [1.165, 1.54) is 13.0 Å². The van der Waals surface area contributed by atoms with Crippen molar-refractivity contribution < 1.29 is 38.2 Å². The fourth-order valence-corrected chi connectivity index (χ4v) is 2.87. The number of allylic oxidation sites excluding steroid dienone is 1. The Hall–Kier alpha value is -3.69. The van der Waals surface area contributed by atoms with Crippen molar-refractivity contribution in [2.75, 3.05) is 32.9 Å². The number of ether oxygens (including phenoxy) is 3. The monoisotopic (exact) mass is 506 g/mol. The van der Waals surface area contributed by atoms with Crippen LogP contribution in [0.5, 0.6) is 0 Å². The molecule has 0 aliphatic carbocycles. The fourth-order valence-electron chi connectivity index (χ4n) is 2.87. The Labute approximate surface area is 213 Å². The highest BCUT2D eigenvalue weighted by Crippen LogP contribution is 2.11. The van der Waals surface area contributed by atoms with Crippen LogP contribution in [0.25, 0.3) is 0 Å². The molecule has 10 heteroatoms. The maximum Gasteiger partial charge on any atom is 0.333 e. The molecule has 0 fully saturated rings. The van der Waals surface area contributed by atoms with Crippen LogP contribution in [0.2, 0.25) is 0 Å². The second-order valence-corrected chi connectivity index (χ2v) is 7.63. The molecule has 0 aromatic rings. The molecule has 0 atom stereocenters. The standard InChI is InChI=1S/C26H38N2O8/c1-6-21(4)34-18-12-9-11-16-28(23(30)15-10-13-19-35-24(31)7-2)26(33)27(22(5)29)17-14-20-36-25(32)8-3/h6-8H,1-4,9-20H2,5H3. The number of hydrogen-bond acceptors (Lipinski definition) is 8. The van der Waals surface area contributed by atoms with Crippen LogP contribution < -0.4 is 0 Å². The zero-order valence-electron chi connectivity index (χ0n) is 21.2. The van der Waals surface area contributed by atoms with Crippen LogP contribution in [-0.2, 0) is 33.4 Å². The average molecular weight is 507 g/mol. The summed E-state index contributed by atoms with van der Waals surface area (Å²) in [5.74, 6) is -1.64. The molecule has 0 unspecified atom stereocenters. The molecule has 0 spiro atoms. The summed E-state index contributed by atoms with van der Waals surface area (Å²) in [6.07, 6.45) is 6.54. The fraction of sp³-hybridized carbons (Fsp3) is 0.500. The van der Waals surface area contributed by atoms with E-state index in [4.69, 9.17) is 14.2 Å². The Morgan fingerprint density at radius 1 is 0.667 bits per heavy atom. The van der Waals surface area contributed by atoms with Crippen LogP contribution >= 0.6 is 0 Å². The largest absolute Gasteiger partial charge is 0.494 e. The number of esters is 2. The summed E-state index contributed by atoms with van der Waals surface area (Å²) >= 11 is 0. The molecule has 0 aromatic carbocycles. The molecule has 0 saturated heterocycles. The summed E-state index contributed by atoms with van der Waals surface area (Å²) in [6, 6.07) is -0.725. The molecule has 200 valence electrons. The Bertz CT molecular complexity index is 806. The maximum absolute atomic E-state index is 13.1. The van der Waals surface area contributed by atoms with Gasteiger partial charge in [0, 0.05) is 38.6 Å². The van der Waals surface area contributed by atoms with E-state index in [-0.39, 0.29) is 39.1 Å². The molecule has 0 bridgehead atoms. The molecule has 0 saturated carbocycles. The van der Waals surface area contributed by atoms with Gasteiger partial charge in [-0.3, -0.25) is 19.4 Å². The van der Waals surface area contributed by atoms with E-state index in [1.54, 1.807) is 0 Å². The minimum absolute atomic E-state index is 0.00467. The number of carbonyl (C=O) groups excluding carboxylic acids is 5. The average Bonchev–Trinajstić information content (AvgIpc) is 2.86. The maximum atomic E-state index is 13.1. The molecule has 0 N–H and O–H groups in total. The third-order valence-electron chi connectivity index (χ3n) is 4.82. The van der Waals surface area contributed by atoms with E-state index in [1.807, 2.05) is 0 Å². The third kappa shape index (κ3) is 14.5. The van der Waals surface area contributed by atoms with Crippen molar-refractivity contribution in [2.24, 2.45) is 0 Å². The predicted octanol–water partition coefficient (Wildman–Crippen LogP) is 3.69. The lowest BCUT2D eigenvalue weighted by Crippen LogP contribution is -2.49. The minimum Gasteiger partial charge on any atom is -0.494 e. The number of imide groups is 2. The second-order valence-electron chi connectivity index (χ2n) is 7.63. The van der Waals surface area contributed by atoms with Gasteiger partial charge in [-0.05, 0) is 44.6 Å². The molecular formula is C26H38N2O8. The van der Waals surface area contributed by atoms with Crippen LogP contribution in [0.3, 0.4) is 0 Å². The number of rotatable bonds is 19. The van der Waals surface area contributed by atoms with Crippen LogP contribution in [0.15, 0.2) is 50.3 Å². The van der Waals surface area contributed by atoms with Gasteiger partial charge in [-0.1, -0.05) is 26.3 Å². The minimum atomic E-state index is -0.725. The highest BCUT2D eigenvalue weighted by molar-refractivity contribution is 6.01. The summed E-state index contributed by atoms with van der Waals surface area (Å²) < 4.78 is 15.1.